The molecule has 140 valence electrons. The summed E-state index contributed by atoms with van der Waals surface area (Å²) >= 11 is 1.87. The quantitative estimate of drug-likeness (QED) is 0.676. The minimum Gasteiger partial charge on any atom is -0.489 e. The second-order valence-electron chi connectivity index (χ2n) is 6.61. The second kappa shape index (κ2) is 8.06. The zero-order chi connectivity index (χ0) is 18.6. The maximum atomic E-state index is 12.0. The van der Waals surface area contributed by atoms with E-state index in [2.05, 4.69) is 9.88 Å². The first kappa shape index (κ1) is 17.9. The Kier molecular flexibility index (Phi) is 5.36. The van der Waals surface area contributed by atoms with Crippen molar-refractivity contribution >= 4 is 28.6 Å². The minimum absolute atomic E-state index is 0.484. The molecule has 0 saturated carbocycles. The Morgan fingerprint density at radius 1 is 1.19 bits per heavy atom. The molecule has 6 heteroatoms. The number of ether oxygens (including phenoxy) is 1. The molecule has 0 spiro atoms. The SMILES string of the molecule is O=C(O)[C@@H](c1c[nH]c2ccc(OCc3ccccc3)cc12)N1CCSCC1. The van der Waals surface area contributed by atoms with Gasteiger partial charge in [-0.3, -0.25) is 9.69 Å². The van der Waals surface area contributed by atoms with Crippen LogP contribution < -0.4 is 4.74 Å². The molecule has 2 aromatic carbocycles. The molecule has 0 amide bonds. The molecule has 0 bridgehead atoms. The number of aliphatic carboxylic acids is 1. The molecule has 0 aliphatic carbocycles. The first-order valence-corrected chi connectivity index (χ1v) is 10.2. The number of aromatic nitrogens is 1. The number of fused-ring (bicyclic) bond motifs is 1. The van der Waals surface area contributed by atoms with Crippen molar-refractivity contribution in [2.24, 2.45) is 0 Å². The van der Waals surface area contributed by atoms with Gasteiger partial charge in [-0.2, -0.15) is 11.8 Å². The van der Waals surface area contributed by atoms with Crippen LogP contribution in [0.25, 0.3) is 10.9 Å². The molecule has 1 aliphatic heterocycles. The molecule has 0 unspecified atom stereocenters. The first-order chi connectivity index (χ1) is 13.2. The maximum Gasteiger partial charge on any atom is 0.325 e. The normalized spacial score (nSPS) is 16.3. The Bertz CT molecular complexity index is 920. The van der Waals surface area contributed by atoms with Gasteiger partial charge in [0.15, 0.2) is 0 Å². The highest BCUT2D eigenvalue weighted by Gasteiger charge is 2.30. The number of nitrogens with zero attached hydrogens (tertiary/aromatic N) is 1. The van der Waals surface area contributed by atoms with Crippen LogP contribution in [-0.4, -0.2) is 45.6 Å². The summed E-state index contributed by atoms with van der Waals surface area (Å²) in [6.45, 7) is 2.06. The maximum absolute atomic E-state index is 12.0. The van der Waals surface area contributed by atoms with Gasteiger partial charge in [-0.15, -0.1) is 0 Å². The number of carboxylic acid groups (broad SMARTS) is 1. The van der Waals surface area contributed by atoms with Gasteiger partial charge in [0.1, 0.15) is 18.4 Å². The van der Waals surface area contributed by atoms with Gasteiger partial charge >= 0.3 is 5.97 Å². The van der Waals surface area contributed by atoms with Crippen LogP contribution in [0, 0.1) is 0 Å². The standard InChI is InChI=1S/C21H22N2O3S/c24-21(25)20(23-8-10-27-11-9-23)18-13-22-19-7-6-16(12-17(18)19)26-14-15-4-2-1-3-5-15/h1-7,12-13,20,22H,8-11,14H2,(H,24,25)/t20-/m1/s1. The third kappa shape index (κ3) is 3.96. The number of carbonyl (C=O) groups is 1. The smallest absolute Gasteiger partial charge is 0.325 e. The number of rotatable bonds is 6. The molecule has 5 nitrogen and oxygen atoms in total. The number of H-pyrrole nitrogens is 1. The minimum atomic E-state index is -0.807. The molecule has 1 atom stereocenters. The summed E-state index contributed by atoms with van der Waals surface area (Å²) < 4.78 is 5.93. The van der Waals surface area contributed by atoms with Gasteiger partial charge in [-0.25, -0.2) is 0 Å². The Morgan fingerprint density at radius 3 is 2.70 bits per heavy atom. The van der Waals surface area contributed by atoms with Gasteiger partial charge in [0.2, 0.25) is 0 Å². The summed E-state index contributed by atoms with van der Waals surface area (Å²) in [5.41, 5.74) is 2.82. The second-order valence-corrected chi connectivity index (χ2v) is 7.84. The lowest BCUT2D eigenvalue weighted by Gasteiger charge is -2.31. The van der Waals surface area contributed by atoms with Gasteiger partial charge in [0.25, 0.3) is 0 Å². The number of benzene rings is 2. The lowest BCUT2D eigenvalue weighted by Crippen LogP contribution is -2.39. The molecule has 1 aromatic heterocycles. The fourth-order valence-electron chi connectivity index (χ4n) is 3.50. The Labute approximate surface area is 162 Å². The predicted octanol–water partition coefficient (Wildman–Crippen LogP) is 3.92. The van der Waals surface area contributed by atoms with E-state index in [4.69, 9.17) is 4.74 Å². The molecule has 1 saturated heterocycles. The van der Waals surface area contributed by atoms with Crippen molar-refractivity contribution in [3.05, 3.63) is 65.9 Å². The van der Waals surface area contributed by atoms with Crippen molar-refractivity contribution in [1.29, 1.82) is 0 Å². The van der Waals surface area contributed by atoms with Crippen molar-refractivity contribution in [3.8, 4) is 5.75 Å². The van der Waals surface area contributed by atoms with E-state index < -0.39 is 12.0 Å². The monoisotopic (exact) mass is 382 g/mol. The fourth-order valence-corrected chi connectivity index (χ4v) is 4.43. The molecule has 2 heterocycles. The zero-order valence-corrected chi connectivity index (χ0v) is 15.7. The Hall–Kier alpha value is -2.44. The Morgan fingerprint density at radius 2 is 1.96 bits per heavy atom. The third-order valence-corrected chi connectivity index (χ3v) is 5.82. The van der Waals surface area contributed by atoms with Crippen LogP contribution in [0.2, 0.25) is 0 Å². The van der Waals surface area contributed by atoms with Crippen molar-refractivity contribution < 1.29 is 14.6 Å². The van der Waals surface area contributed by atoms with Crippen LogP contribution >= 0.6 is 11.8 Å². The van der Waals surface area contributed by atoms with Gasteiger partial charge < -0.3 is 14.8 Å². The van der Waals surface area contributed by atoms with Crippen molar-refractivity contribution in [1.82, 2.24) is 9.88 Å². The highest BCUT2D eigenvalue weighted by atomic mass is 32.2. The Balaban J connectivity index is 1.61. The molecule has 27 heavy (non-hydrogen) atoms. The topological polar surface area (TPSA) is 65.6 Å². The number of hydrogen-bond acceptors (Lipinski definition) is 4. The molecule has 4 rings (SSSR count). The molecule has 2 N–H and O–H groups in total. The van der Waals surface area contributed by atoms with E-state index in [1.54, 1.807) is 0 Å². The molecule has 1 fully saturated rings. The van der Waals surface area contributed by atoms with E-state index in [1.807, 2.05) is 66.5 Å². The summed E-state index contributed by atoms with van der Waals surface area (Å²) in [7, 11) is 0. The lowest BCUT2D eigenvalue weighted by molar-refractivity contribution is -0.143. The van der Waals surface area contributed by atoms with Crippen LogP contribution in [0.3, 0.4) is 0 Å². The van der Waals surface area contributed by atoms with E-state index in [0.29, 0.717) is 6.61 Å². The van der Waals surface area contributed by atoms with E-state index >= 15 is 0 Å². The number of thioether (sulfide) groups is 1. The summed E-state index contributed by atoms with van der Waals surface area (Å²) in [4.78, 5) is 17.3. The van der Waals surface area contributed by atoms with Gasteiger partial charge in [0.05, 0.1) is 0 Å². The van der Waals surface area contributed by atoms with Crippen LogP contribution in [0.5, 0.6) is 5.75 Å². The van der Waals surface area contributed by atoms with Crippen molar-refractivity contribution in [2.75, 3.05) is 24.6 Å². The number of hydrogen-bond donors (Lipinski definition) is 2. The van der Waals surface area contributed by atoms with Crippen LogP contribution in [0.15, 0.2) is 54.7 Å². The summed E-state index contributed by atoms with van der Waals surface area (Å²) in [6.07, 6.45) is 1.83. The molecule has 3 aromatic rings. The highest BCUT2D eigenvalue weighted by molar-refractivity contribution is 7.99. The molecular weight excluding hydrogens is 360 g/mol. The summed E-state index contributed by atoms with van der Waals surface area (Å²) in [5, 5.41) is 10.8. The molecular formula is C21H22N2O3S. The highest BCUT2D eigenvalue weighted by Crippen LogP contribution is 2.32. The van der Waals surface area contributed by atoms with E-state index in [1.165, 1.54) is 0 Å². The average Bonchev–Trinajstić information content (AvgIpc) is 3.11. The average molecular weight is 382 g/mol. The molecule has 1 aliphatic rings. The van der Waals surface area contributed by atoms with E-state index in [0.717, 1.165) is 52.4 Å². The number of carboxylic acids is 1. The van der Waals surface area contributed by atoms with Crippen molar-refractivity contribution in [2.45, 2.75) is 12.6 Å². The number of aromatic amines is 1. The van der Waals surface area contributed by atoms with Crippen LogP contribution in [0.1, 0.15) is 17.2 Å². The fraction of sp³-hybridized carbons (Fsp3) is 0.286. The van der Waals surface area contributed by atoms with E-state index in [9.17, 15) is 9.90 Å². The third-order valence-electron chi connectivity index (χ3n) is 4.87. The largest absolute Gasteiger partial charge is 0.489 e. The predicted molar refractivity (Wildman–Crippen MR) is 108 cm³/mol. The summed E-state index contributed by atoms with van der Waals surface area (Å²) in [6, 6.07) is 15.2. The first-order valence-electron chi connectivity index (χ1n) is 9.05. The zero-order valence-electron chi connectivity index (χ0n) is 14.9. The summed E-state index contributed by atoms with van der Waals surface area (Å²) in [5.74, 6) is 1.87. The van der Waals surface area contributed by atoms with Crippen LogP contribution in [0.4, 0.5) is 0 Å². The van der Waals surface area contributed by atoms with E-state index in [-0.39, 0.29) is 0 Å². The van der Waals surface area contributed by atoms with Crippen LogP contribution in [-0.2, 0) is 11.4 Å². The molecule has 0 radical (unpaired) electrons. The number of nitrogens with one attached hydrogen (secondary N) is 1. The van der Waals surface area contributed by atoms with Gasteiger partial charge in [0, 0.05) is 47.3 Å². The van der Waals surface area contributed by atoms with Gasteiger partial charge in [-0.1, -0.05) is 30.3 Å². The van der Waals surface area contributed by atoms with Gasteiger partial charge in [-0.05, 0) is 23.8 Å². The van der Waals surface area contributed by atoms with Crippen molar-refractivity contribution in [3.63, 3.8) is 0 Å². The lowest BCUT2D eigenvalue weighted by atomic mass is 10.0.